The lowest BCUT2D eigenvalue weighted by Gasteiger charge is -2.18. The smallest absolute Gasteiger partial charge is 0.339 e. The molecule has 0 saturated heterocycles. The van der Waals surface area contributed by atoms with E-state index in [1.807, 2.05) is 13.8 Å². The number of halogens is 1. The van der Waals surface area contributed by atoms with Crippen LogP contribution in [-0.2, 0) is 9.53 Å². The number of esters is 1. The molecule has 2 unspecified atom stereocenters. The Hall–Kier alpha value is -1.59. The van der Waals surface area contributed by atoms with Crippen LogP contribution in [0.3, 0.4) is 0 Å². The summed E-state index contributed by atoms with van der Waals surface area (Å²) in [5, 5.41) is 2.90. The Kier molecular flexibility index (Phi) is 5.98. The maximum absolute atomic E-state index is 11.9. The molecule has 1 aromatic carbocycles. The lowest BCUT2D eigenvalue weighted by molar-refractivity contribution is -0.118. The topological polar surface area (TPSA) is 81.4 Å². The number of anilines is 1. The van der Waals surface area contributed by atoms with Crippen LogP contribution in [0.1, 0.15) is 30.6 Å². The summed E-state index contributed by atoms with van der Waals surface area (Å²) in [6.45, 7) is 3.89. The van der Waals surface area contributed by atoms with Crippen molar-refractivity contribution in [2.75, 3.05) is 12.4 Å². The summed E-state index contributed by atoms with van der Waals surface area (Å²) < 4.78 is 4.59. The second kappa shape index (κ2) is 7.26. The standard InChI is InChI=1S/C14H19ClN2O3/c1-4-8(2)12(16)13(18)17-9-5-6-10(11(15)7-9)14(19)20-3/h5-8,12H,4,16H2,1-3H3,(H,17,18). The van der Waals surface area contributed by atoms with Crippen LogP contribution in [0.25, 0.3) is 0 Å². The van der Waals surface area contributed by atoms with Crippen molar-refractivity contribution in [3.8, 4) is 0 Å². The van der Waals surface area contributed by atoms with Gasteiger partial charge in [0.1, 0.15) is 0 Å². The van der Waals surface area contributed by atoms with E-state index in [0.29, 0.717) is 5.69 Å². The van der Waals surface area contributed by atoms with Crippen LogP contribution in [-0.4, -0.2) is 25.0 Å². The van der Waals surface area contributed by atoms with E-state index < -0.39 is 12.0 Å². The van der Waals surface area contributed by atoms with Gasteiger partial charge < -0.3 is 15.8 Å². The fraction of sp³-hybridized carbons (Fsp3) is 0.429. The molecule has 0 fully saturated rings. The van der Waals surface area contributed by atoms with Crippen LogP contribution in [0, 0.1) is 5.92 Å². The number of nitrogens with two attached hydrogens (primary N) is 1. The third-order valence-corrected chi connectivity index (χ3v) is 3.51. The molecule has 0 aromatic heterocycles. The molecule has 2 atom stereocenters. The minimum absolute atomic E-state index is 0.0832. The number of amides is 1. The van der Waals surface area contributed by atoms with Gasteiger partial charge in [-0.05, 0) is 24.1 Å². The zero-order valence-corrected chi connectivity index (χ0v) is 12.5. The number of benzene rings is 1. The Morgan fingerprint density at radius 3 is 2.60 bits per heavy atom. The van der Waals surface area contributed by atoms with Crippen LogP contribution < -0.4 is 11.1 Å². The van der Waals surface area contributed by atoms with E-state index in [-0.39, 0.29) is 22.4 Å². The number of ether oxygens (including phenoxy) is 1. The van der Waals surface area contributed by atoms with Gasteiger partial charge in [-0.2, -0.15) is 0 Å². The summed E-state index contributed by atoms with van der Waals surface area (Å²) in [5.74, 6) is -0.717. The fourth-order valence-electron chi connectivity index (χ4n) is 1.61. The van der Waals surface area contributed by atoms with E-state index >= 15 is 0 Å². The quantitative estimate of drug-likeness (QED) is 0.818. The second-order valence-corrected chi connectivity index (χ2v) is 4.99. The monoisotopic (exact) mass is 298 g/mol. The lowest BCUT2D eigenvalue weighted by atomic mass is 9.99. The van der Waals surface area contributed by atoms with Crippen LogP contribution >= 0.6 is 11.6 Å². The van der Waals surface area contributed by atoms with Crippen molar-refractivity contribution >= 4 is 29.2 Å². The predicted molar refractivity (Wildman–Crippen MR) is 78.9 cm³/mol. The fourth-order valence-corrected chi connectivity index (χ4v) is 1.86. The number of hydrogen-bond acceptors (Lipinski definition) is 4. The van der Waals surface area contributed by atoms with E-state index in [0.717, 1.165) is 6.42 Å². The van der Waals surface area contributed by atoms with Gasteiger partial charge in [0, 0.05) is 5.69 Å². The molecule has 0 saturated carbocycles. The van der Waals surface area contributed by atoms with Crippen LogP contribution in [0.2, 0.25) is 5.02 Å². The van der Waals surface area contributed by atoms with Gasteiger partial charge in [0.2, 0.25) is 5.91 Å². The van der Waals surface area contributed by atoms with Gasteiger partial charge in [0.25, 0.3) is 0 Å². The van der Waals surface area contributed by atoms with Gasteiger partial charge in [-0.25, -0.2) is 4.79 Å². The molecule has 110 valence electrons. The minimum Gasteiger partial charge on any atom is -0.465 e. The molecule has 0 bridgehead atoms. The molecule has 0 heterocycles. The molecule has 6 heteroatoms. The first-order chi connectivity index (χ1) is 9.40. The molecule has 0 radical (unpaired) electrons. The summed E-state index contributed by atoms with van der Waals surface area (Å²) >= 11 is 5.97. The Balaban J connectivity index is 2.82. The van der Waals surface area contributed by atoms with Crippen molar-refractivity contribution < 1.29 is 14.3 Å². The molecular weight excluding hydrogens is 280 g/mol. The van der Waals surface area contributed by atoms with E-state index in [4.69, 9.17) is 17.3 Å². The average molecular weight is 299 g/mol. The number of carbonyl (C=O) groups is 2. The highest BCUT2D eigenvalue weighted by Gasteiger charge is 2.20. The molecule has 0 aliphatic carbocycles. The van der Waals surface area contributed by atoms with Crippen molar-refractivity contribution in [2.45, 2.75) is 26.3 Å². The van der Waals surface area contributed by atoms with Crippen molar-refractivity contribution in [1.82, 2.24) is 0 Å². The molecule has 5 nitrogen and oxygen atoms in total. The SMILES string of the molecule is CCC(C)C(N)C(=O)Nc1ccc(C(=O)OC)c(Cl)c1. The largest absolute Gasteiger partial charge is 0.465 e. The van der Waals surface area contributed by atoms with Gasteiger partial charge in [0.15, 0.2) is 0 Å². The third kappa shape index (κ3) is 3.95. The number of rotatable bonds is 5. The zero-order valence-electron chi connectivity index (χ0n) is 11.8. The third-order valence-electron chi connectivity index (χ3n) is 3.20. The Morgan fingerprint density at radius 1 is 1.45 bits per heavy atom. The molecule has 0 aliphatic rings. The second-order valence-electron chi connectivity index (χ2n) is 4.59. The molecule has 1 aromatic rings. The zero-order chi connectivity index (χ0) is 15.3. The molecule has 20 heavy (non-hydrogen) atoms. The number of hydrogen-bond donors (Lipinski definition) is 2. The number of nitrogens with one attached hydrogen (secondary N) is 1. The van der Waals surface area contributed by atoms with Crippen molar-refractivity contribution in [1.29, 1.82) is 0 Å². The Morgan fingerprint density at radius 2 is 2.10 bits per heavy atom. The number of carbonyl (C=O) groups excluding carboxylic acids is 2. The first-order valence-electron chi connectivity index (χ1n) is 6.35. The lowest BCUT2D eigenvalue weighted by Crippen LogP contribution is -2.40. The van der Waals surface area contributed by atoms with E-state index in [1.165, 1.54) is 19.2 Å². The normalized spacial score (nSPS) is 13.4. The molecule has 0 aliphatic heterocycles. The minimum atomic E-state index is -0.584. The van der Waals surface area contributed by atoms with E-state index in [2.05, 4.69) is 10.1 Å². The van der Waals surface area contributed by atoms with E-state index in [1.54, 1.807) is 6.07 Å². The van der Waals surface area contributed by atoms with E-state index in [9.17, 15) is 9.59 Å². The summed E-state index contributed by atoms with van der Waals surface area (Å²) in [4.78, 5) is 23.3. The summed E-state index contributed by atoms with van der Waals surface area (Å²) in [7, 11) is 1.28. The Bertz CT molecular complexity index is 505. The summed E-state index contributed by atoms with van der Waals surface area (Å²) in [6.07, 6.45) is 0.816. The summed E-state index contributed by atoms with van der Waals surface area (Å²) in [5.41, 5.74) is 6.58. The molecule has 0 spiro atoms. The van der Waals surface area contributed by atoms with Gasteiger partial charge in [0.05, 0.1) is 23.7 Å². The molecule has 1 rings (SSSR count). The molecule has 1 amide bonds. The van der Waals surface area contributed by atoms with Gasteiger partial charge in [-0.1, -0.05) is 31.9 Å². The van der Waals surface area contributed by atoms with Gasteiger partial charge in [-0.15, -0.1) is 0 Å². The van der Waals surface area contributed by atoms with Crippen molar-refractivity contribution in [3.63, 3.8) is 0 Å². The highest BCUT2D eigenvalue weighted by atomic mass is 35.5. The highest BCUT2D eigenvalue weighted by molar-refractivity contribution is 6.34. The molecular formula is C14H19ClN2O3. The van der Waals surface area contributed by atoms with Crippen LogP contribution in [0.15, 0.2) is 18.2 Å². The van der Waals surface area contributed by atoms with Crippen LogP contribution in [0.5, 0.6) is 0 Å². The maximum Gasteiger partial charge on any atom is 0.339 e. The Labute approximate surface area is 123 Å². The summed E-state index contributed by atoms with van der Waals surface area (Å²) in [6, 6.07) is 3.99. The van der Waals surface area contributed by atoms with Gasteiger partial charge >= 0.3 is 5.97 Å². The highest BCUT2D eigenvalue weighted by Crippen LogP contribution is 2.22. The van der Waals surface area contributed by atoms with Crippen molar-refractivity contribution in [3.05, 3.63) is 28.8 Å². The average Bonchev–Trinajstić information content (AvgIpc) is 2.44. The van der Waals surface area contributed by atoms with Crippen LogP contribution in [0.4, 0.5) is 5.69 Å². The first-order valence-corrected chi connectivity index (χ1v) is 6.72. The van der Waals surface area contributed by atoms with Crippen molar-refractivity contribution in [2.24, 2.45) is 11.7 Å². The van der Waals surface area contributed by atoms with Gasteiger partial charge in [-0.3, -0.25) is 4.79 Å². The number of methoxy groups -OCH3 is 1. The maximum atomic E-state index is 11.9. The molecule has 3 N–H and O–H groups in total. The predicted octanol–water partition coefficient (Wildman–Crippen LogP) is 2.44. The first kappa shape index (κ1) is 16.5.